The third-order valence-electron chi connectivity index (χ3n) is 3.05. The zero-order valence-electron chi connectivity index (χ0n) is 11.4. The van der Waals surface area contributed by atoms with Crippen molar-refractivity contribution in [1.82, 2.24) is 0 Å². The molecule has 4 heteroatoms. The van der Waals surface area contributed by atoms with Gasteiger partial charge in [0, 0.05) is 31.8 Å². The largest absolute Gasteiger partial charge is 0.381 e. The van der Waals surface area contributed by atoms with Crippen molar-refractivity contribution in [2.45, 2.75) is 57.7 Å². The highest BCUT2D eigenvalue weighted by Crippen LogP contribution is 2.14. The summed E-state index contributed by atoms with van der Waals surface area (Å²) < 4.78 is 16.7. The molecule has 0 amide bonds. The quantitative estimate of drug-likeness (QED) is 0.426. The minimum atomic E-state index is 0.0688. The summed E-state index contributed by atoms with van der Waals surface area (Å²) in [6, 6.07) is 0. The number of hydrogen-bond donors (Lipinski definition) is 0. The molecule has 18 heavy (non-hydrogen) atoms. The first-order valence-electron chi connectivity index (χ1n) is 7.30. The Morgan fingerprint density at radius 2 is 1.72 bits per heavy atom. The Hall–Kier alpha value is 0.360. The van der Waals surface area contributed by atoms with Gasteiger partial charge in [-0.05, 0) is 51.4 Å². The minimum absolute atomic E-state index is 0.0688. The van der Waals surface area contributed by atoms with E-state index < -0.39 is 0 Å². The Morgan fingerprint density at radius 1 is 0.944 bits per heavy atom. The molecule has 0 aliphatic carbocycles. The van der Waals surface area contributed by atoms with Crippen LogP contribution < -0.4 is 0 Å². The number of rotatable bonds is 11. The van der Waals surface area contributed by atoms with Crippen molar-refractivity contribution in [3.63, 3.8) is 0 Å². The molecule has 3 nitrogen and oxygen atoms in total. The molecule has 1 aliphatic heterocycles. The highest BCUT2D eigenvalue weighted by molar-refractivity contribution is 9.09. The Morgan fingerprint density at radius 3 is 2.44 bits per heavy atom. The highest BCUT2D eigenvalue weighted by atomic mass is 79.9. The van der Waals surface area contributed by atoms with Gasteiger partial charge in [0.25, 0.3) is 0 Å². The van der Waals surface area contributed by atoms with Crippen LogP contribution in [0.15, 0.2) is 0 Å². The first-order chi connectivity index (χ1) is 8.93. The molecule has 0 aromatic carbocycles. The fourth-order valence-electron chi connectivity index (χ4n) is 1.94. The maximum absolute atomic E-state index is 5.67. The molecule has 1 heterocycles. The van der Waals surface area contributed by atoms with Gasteiger partial charge in [0.1, 0.15) is 0 Å². The van der Waals surface area contributed by atoms with E-state index in [1.165, 1.54) is 25.7 Å². The van der Waals surface area contributed by atoms with Crippen LogP contribution in [-0.2, 0) is 14.2 Å². The molecule has 0 aromatic rings. The Balaban J connectivity index is 1.73. The normalized spacial score (nSPS) is 20.2. The van der Waals surface area contributed by atoms with Gasteiger partial charge < -0.3 is 14.2 Å². The van der Waals surface area contributed by atoms with Crippen molar-refractivity contribution in [3.05, 3.63) is 0 Å². The first-order valence-corrected chi connectivity index (χ1v) is 8.42. The maximum Gasteiger partial charge on any atom is 0.157 e. The number of ether oxygens (including phenoxy) is 3. The molecule has 108 valence electrons. The molecule has 1 aliphatic rings. The number of unbranched alkanes of at least 4 members (excludes halogenated alkanes) is 3. The van der Waals surface area contributed by atoms with Crippen LogP contribution >= 0.6 is 15.9 Å². The molecule has 0 aromatic heterocycles. The molecule has 0 radical (unpaired) electrons. The molecule has 1 rings (SSSR count). The third-order valence-corrected chi connectivity index (χ3v) is 3.61. The topological polar surface area (TPSA) is 27.7 Å². The maximum atomic E-state index is 5.67. The zero-order valence-corrected chi connectivity index (χ0v) is 13.0. The Bertz CT molecular complexity index is 172. The van der Waals surface area contributed by atoms with Gasteiger partial charge in [0.05, 0.1) is 0 Å². The SMILES string of the molecule is BrCCCCOCCCCCOC1CCCCO1. The number of halogens is 1. The Labute approximate surface area is 120 Å². The fraction of sp³-hybridized carbons (Fsp3) is 1.00. The van der Waals surface area contributed by atoms with Gasteiger partial charge in [-0.1, -0.05) is 15.9 Å². The summed E-state index contributed by atoms with van der Waals surface area (Å²) in [7, 11) is 0. The Kier molecular flexibility index (Phi) is 11.3. The lowest BCUT2D eigenvalue weighted by atomic mass is 10.2. The van der Waals surface area contributed by atoms with E-state index in [0.29, 0.717) is 0 Å². The van der Waals surface area contributed by atoms with Crippen LogP contribution in [0.5, 0.6) is 0 Å². The van der Waals surface area contributed by atoms with Crippen LogP contribution in [0.25, 0.3) is 0 Å². The van der Waals surface area contributed by atoms with E-state index in [4.69, 9.17) is 14.2 Å². The predicted octanol–water partition coefficient (Wildman–Crippen LogP) is 3.89. The van der Waals surface area contributed by atoms with Crippen LogP contribution in [0.3, 0.4) is 0 Å². The van der Waals surface area contributed by atoms with Crippen molar-refractivity contribution in [2.24, 2.45) is 0 Å². The molecule has 1 saturated heterocycles. The van der Waals surface area contributed by atoms with E-state index in [1.54, 1.807) is 0 Å². The molecule has 0 spiro atoms. The van der Waals surface area contributed by atoms with Gasteiger partial charge in [0.15, 0.2) is 6.29 Å². The lowest BCUT2D eigenvalue weighted by Gasteiger charge is -2.22. The number of alkyl halides is 1. The van der Waals surface area contributed by atoms with Crippen LogP contribution in [0.2, 0.25) is 0 Å². The molecule has 0 N–H and O–H groups in total. The second-order valence-electron chi connectivity index (χ2n) is 4.74. The standard InChI is InChI=1S/C14H27BrO3/c15-9-3-7-11-16-10-4-1-5-12-17-14-8-2-6-13-18-14/h14H,1-13H2. The average molecular weight is 323 g/mol. The van der Waals surface area contributed by atoms with Gasteiger partial charge >= 0.3 is 0 Å². The smallest absolute Gasteiger partial charge is 0.157 e. The van der Waals surface area contributed by atoms with Crippen LogP contribution in [0.1, 0.15) is 51.4 Å². The second kappa shape index (κ2) is 12.4. The van der Waals surface area contributed by atoms with Gasteiger partial charge in [-0.15, -0.1) is 0 Å². The van der Waals surface area contributed by atoms with Crippen LogP contribution in [0.4, 0.5) is 0 Å². The highest BCUT2D eigenvalue weighted by Gasteiger charge is 2.13. The van der Waals surface area contributed by atoms with E-state index in [2.05, 4.69) is 15.9 Å². The lowest BCUT2D eigenvalue weighted by molar-refractivity contribution is -0.162. The van der Waals surface area contributed by atoms with Gasteiger partial charge in [-0.25, -0.2) is 0 Å². The summed E-state index contributed by atoms with van der Waals surface area (Å²) >= 11 is 3.41. The summed E-state index contributed by atoms with van der Waals surface area (Å²) in [5.74, 6) is 0. The summed E-state index contributed by atoms with van der Waals surface area (Å²) in [6.45, 7) is 3.49. The van der Waals surface area contributed by atoms with Crippen molar-refractivity contribution < 1.29 is 14.2 Å². The van der Waals surface area contributed by atoms with E-state index in [1.807, 2.05) is 0 Å². The lowest BCUT2D eigenvalue weighted by Crippen LogP contribution is -2.22. The molecule has 1 unspecified atom stereocenters. The van der Waals surface area contributed by atoms with Gasteiger partial charge in [-0.2, -0.15) is 0 Å². The first kappa shape index (κ1) is 16.4. The van der Waals surface area contributed by atoms with Crippen LogP contribution in [-0.4, -0.2) is 38.0 Å². The van der Waals surface area contributed by atoms with E-state index in [-0.39, 0.29) is 6.29 Å². The average Bonchev–Trinajstić information content (AvgIpc) is 2.42. The summed E-state index contributed by atoms with van der Waals surface area (Å²) in [5.41, 5.74) is 0. The number of hydrogen-bond acceptors (Lipinski definition) is 3. The molecule has 0 bridgehead atoms. The molecule has 0 saturated carbocycles. The van der Waals surface area contributed by atoms with E-state index in [9.17, 15) is 0 Å². The second-order valence-corrected chi connectivity index (χ2v) is 5.53. The van der Waals surface area contributed by atoms with Crippen molar-refractivity contribution in [3.8, 4) is 0 Å². The molecule has 1 fully saturated rings. The van der Waals surface area contributed by atoms with Crippen molar-refractivity contribution in [2.75, 3.05) is 31.8 Å². The molecular formula is C14H27BrO3. The minimum Gasteiger partial charge on any atom is -0.381 e. The van der Waals surface area contributed by atoms with E-state index in [0.717, 1.165) is 57.4 Å². The monoisotopic (exact) mass is 322 g/mol. The van der Waals surface area contributed by atoms with E-state index >= 15 is 0 Å². The van der Waals surface area contributed by atoms with Crippen molar-refractivity contribution in [1.29, 1.82) is 0 Å². The molecule has 1 atom stereocenters. The van der Waals surface area contributed by atoms with Gasteiger partial charge in [0.2, 0.25) is 0 Å². The zero-order chi connectivity index (χ0) is 12.9. The van der Waals surface area contributed by atoms with Crippen LogP contribution in [0, 0.1) is 0 Å². The predicted molar refractivity (Wildman–Crippen MR) is 77.2 cm³/mol. The summed E-state index contributed by atoms with van der Waals surface area (Å²) in [6.07, 6.45) is 9.37. The van der Waals surface area contributed by atoms with Crippen molar-refractivity contribution >= 4 is 15.9 Å². The fourth-order valence-corrected chi connectivity index (χ4v) is 2.34. The third kappa shape index (κ3) is 9.31. The summed E-state index contributed by atoms with van der Waals surface area (Å²) in [5, 5.41) is 1.08. The van der Waals surface area contributed by atoms with Gasteiger partial charge in [-0.3, -0.25) is 0 Å². The molecular weight excluding hydrogens is 296 g/mol. The summed E-state index contributed by atoms with van der Waals surface area (Å²) in [4.78, 5) is 0.